The van der Waals surface area contributed by atoms with Gasteiger partial charge in [-0.05, 0) is 30.0 Å². The first-order valence-corrected chi connectivity index (χ1v) is 9.95. The molecule has 28 heavy (non-hydrogen) atoms. The van der Waals surface area contributed by atoms with Gasteiger partial charge in [-0.2, -0.15) is 0 Å². The summed E-state index contributed by atoms with van der Waals surface area (Å²) < 4.78 is 2.24. The molecule has 0 unspecified atom stereocenters. The molecule has 0 radical (unpaired) electrons. The summed E-state index contributed by atoms with van der Waals surface area (Å²) in [6.45, 7) is 7.45. The highest BCUT2D eigenvalue weighted by Gasteiger charge is 2.17. The van der Waals surface area contributed by atoms with Gasteiger partial charge in [-0.1, -0.05) is 56.0 Å². The highest BCUT2D eigenvalue weighted by molar-refractivity contribution is 6.08. The molecule has 0 saturated heterocycles. The molecule has 1 aliphatic heterocycles. The summed E-state index contributed by atoms with van der Waals surface area (Å²) in [5.41, 5.74) is 6.74. The van der Waals surface area contributed by atoms with E-state index in [1.54, 1.807) is 0 Å². The lowest BCUT2D eigenvalue weighted by Gasteiger charge is -2.21. The quantitative estimate of drug-likeness (QED) is 0.621. The van der Waals surface area contributed by atoms with Crippen LogP contribution in [0.25, 0.3) is 5.70 Å². The molecule has 0 fully saturated rings. The third-order valence-electron chi connectivity index (χ3n) is 5.13. The van der Waals surface area contributed by atoms with Crippen molar-refractivity contribution in [2.75, 3.05) is 0 Å². The van der Waals surface area contributed by atoms with Crippen LogP contribution in [0.3, 0.4) is 0 Å². The van der Waals surface area contributed by atoms with Crippen molar-refractivity contribution >= 4 is 17.2 Å². The van der Waals surface area contributed by atoms with E-state index in [1.165, 1.54) is 11.1 Å². The Morgan fingerprint density at radius 3 is 2.39 bits per heavy atom. The van der Waals surface area contributed by atoms with E-state index in [-0.39, 0.29) is 0 Å². The number of para-hydroxylation sites is 1. The lowest BCUT2D eigenvalue weighted by molar-refractivity contribution is -0.697. The van der Waals surface area contributed by atoms with Crippen LogP contribution in [0.1, 0.15) is 35.6 Å². The van der Waals surface area contributed by atoms with Crippen LogP contribution < -0.4 is 9.88 Å². The molecule has 3 aromatic rings. The average molecular weight is 369 g/mol. The van der Waals surface area contributed by atoms with Crippen LogP contribution in [0, 0.1) is 0 Å². The molecule has 3 heteroatoms. The number of amidine groups is 1. The Bertz CT molecular complexity index is 1020. The maximum Gasteiger partial charge on any atom is 0.169 e. The van der Waals surface area contributed by atoms with E-state index in [0.29, 0.717) is 0 Å². The van der Waals surface area contributed by atoms with Crippen molar-refractivity contribution in [2.24, 2.45) is 4.99 Å². The molecule has 1 aromatic heterocycles. The minimum atomic E-state index is 0.883. The fourth-order valence-corrected chi connectivity index (χ4v) is 3.62. The smallest absolute Gasteiger partial charge is 0.169 e. The first-order valence-electron chi connectivity index (χ1n) is 9.95. The first-order chi connectivity index (χ1) is 13.7. The van der Waals surface area contributed by atoms with E-state index >= 15 is 0 Å². The summed E-state index contributed by atoms with van der Waals surface area (Å²) in [7, 11) is 0. The van der Waals surface area contributed by atoms with Gasteiger partial charge in [-0.3, -0.25) is 0 Å². The number of aryl methyl sites for hydroxylation is 3. The molecular weight excluding hydrogens is 342 g/mol. The van der Waals surface area contributed by atoms with Gasteiger partial charge in [0.15, 0.2) is 12.4 Å². The maximum absolute atomic E-state index is 4.86. The molecule has 0 bridgehead atoms. The van der Waals surface area contributed by atoms with E-state index in [9.17, 15) is 0 Å². The number of aliphatic imine (C=N–C) groups is 1. The molecule has 0 amide bonds. The molecule has 0 spiro atoms. The number of pyridine rings is 1. The largest absolute Gasteiger partial charge is 0.340 e. The van der Waals surface area contributed by atoms with Gasteiger partial charge in [0.25, 0.3) is 0 Å². The van der Waals surface area contributed by atoms with E-state index in [4.69, 9.17) is 4.99 Å². The second-order valence-corrected chi connectivity index (χ2v) is 7.18. The van der Waals surface area contributed by atoms with Gasteiger partial charge in [-0.25, -0.2) is 9.56 Å². The van der Waals surface area contributed by atoms with Crippen molar-refractivity contribution in [3.8, 4) is 0 Å². The van der Waals surface area contributed by atoms with Crippen molar-refractivity contribution < 1.29 is 4.57 Å². The molecule has 1 aliphatic rings. The van der Waals surface area contributed by atoms with E-state index in [1.807, 2.05) is 18.2 Å². The number of fused-ring (bicyclic) bond motifs is 1. The van der Waals surface area contributed by atoms with Crippen LogP contribution in [0.5, 0.6) is 0 Å². The van der Waals surface area contributed by atoms with Crippen LogP contribution in [0.4, 0.5) is 5.69 Å². The Morgan fingerprint density at radius 1 is 0.893 bits per heavy atom. The second-order valence-electron chi connectivity index (χ2n) is 7.18. The van der Waals surface area contributed by atoms with Crippen LogP contribution in [0.15, 0.2) is 84.6 Å². The minimum Gasteiger partial charge on any atom is -0.340 e. The zero-order valence-corrected chi connectivity index (χ0v) is 16.4. The zero-order chi connectivity index (χ0) is 19.3. The summed E-state index contributed by atoms with van der Waals surface area (Å²) in [6, 6.07) is 21.1. The van der Waals surface area contributed by atoms with E-state index < -0.39 is 0 Å². The van der Waals surface area contributed by atoms with Gasteiger partial charge in [0.05, 0.1) is 5.69 Å². The number of hydrogen-bond acceptors (Lipinski definition) is 2. The molecule has 2 heterocycles. The van der Waals surface area contributed by atoms with Gasteiger partial charge in [0, 0.05) is 35.4 Å². The van der Waals surface area contributed by atoms with Crippen LogP contribution in [0.2, 0.25) is 0 Å². The summed E-state index contributed by atoms with van der Waals surface area (Å²) in [6.07, 6.45) is 7.50. The molecule has 0 atom stereocenters. The van der Waals surface area contributed by atoms with Crippen molar-refractivity contribution in [1.82, 2.24) is 5.32 Å². The van der Waals surface area contributed by atoms with Crippen LogP contribution in [-0.4, -0.2) is 5.84 Å². The Balaban J connectivity index is 1.56. The highest BCUT2D eigenvalue weighted by atomic mass is 15.0. The summed E-state index contributed by atoms with van der Waals surface area (Å²) in [5.74, 6) is 0.883. The predicted molar refractivity (Wildman–Crippen MR) is 116 cm³/mol. The lowest BCUT2D eigenvalue weighted by Crippen LogP contribution is -2.32. The van der Waals surface area contributed by atoms with Crippen molar-refractivity contribution in [3.05, 3.63) is 102 Å². The Kier molecular flexibility index (Phi) is 5.34. The SMILES string of the molecule is C=C1NC(c2ccccc2CCc2cc[n+](CCC)cc2)=Nc2ccccc21. The van der Waals surface area contributed by atoms with E-state index in [0.717, 1.165) is 54.2 Å². The third kappa shape index (κ3) is 3.89. The van der Waals surface area contributed by atoms with E-state index in [2.05, 4.69) is 78.2 Å². The first kappa shape index (κ1) is 18.2. The fourth-order valence-electron chi connectivity index (χ4n) is 3.62. The topological polar surface area (TPSA) is 28.3 Å². The maximum atomic E-state index is 4.86. The number of benzene rings is 2. The zero-order valence-electron chi connectivity index (χ0n) is 16.4. The van der Waals surface area contributed by atoms with Gasteiger partial charge < -0.3 is 5.32 Å². The molecule has 140 valence electrons. The fraction of sp³-hybridized carbons (Fsp3) is 0.200. The van der Waals surface area contributed by atoms with Crippen LogP contribution in [-0.2, 0) is 19.4 Å². The van der Waals surface area contributed by atoms with Gasteiger partial charge in [-0.15, -0.1) is 0 Å². The van der Waals surface area contributed by atoms with Crippen molar-refractivity contribution in [2.45, 2.75) is 32.7 Å². The van der Waals surface area contributed by atoms with Gasteiger partial charge in [0.2, 0.25) is 0 Å². The molecule has 1 N–H and O–H groups in total. The van der Waals surface area contributed by atoms with Crippen molar-refractivity contribution in [1.29, 1.82) is 0 Å². The Morgan fingerprint density at radius 2 is 1.61 bits per heavy atom. The second kappa shape index (κ2) is 8.22. The molecule has 4 rings (SSSR count). The number of nitrogens with one attached hydrogen (secondary N) is 1. The lowest BCUT2D eigenvalue weighted by atomic mass is 9.98. The Labute approximate surface area is 167 Å². The number of aromatic nitrogens is 1. The monoisotopic (exact) mass is 368 g/mol. The summed E-state index contributed by atoms with van der Waals surface area (Å²) in [5, 5.41) is 3.40. The highest BCUT2D eigenvalue weighted by Crippen LogP contribution is 2.29. The molecule has 3 nitrogen and oxygen atoms in total. The van der Waals surface area contributed by atoms with Crippen LogP contribution >= 0.6 is 0 Å². The minimum absolute atomic E-state index is 0.883. The number of nitrogens with zero attached hydrogens (tertiary/aromatic N) is 2. The molecule has 0 saturated carbocycles. The number of hydrogen-bond donors (Lipinski definition) is 1. The van der Waals surface area contributed by atoms with Crippen molar-refractivity contribution in [3.63, 3.8) is 0 Å². The van der Waals surface area contributed by atoms with Gasteiger partial charge in [0.1, 0.15) is 12.4 Å². The molecule has 0 aliphatic carbocycles. The normalized spacial score (nSPS) is 12.9. The Hall–Kier alpha value is -3.20. The molecule has 2 aromatic carbocycles. The van der Waals surface area contributed by atoms with Gasteiger partial charge >= 0.3 is 0 Å². The summed E-state index contributed by atoms with van der Waals surface area (Å²) >= 11 is 0. The molecular formula is C25H26N3+. The average Bonchev–Trinajstić information content (AvgIpc) is 2.74. The number of rotatable bonds is 6. The standard InChI is InChI=1S/C25H26N3/c1-3-16-28-17-14-20(15-18-28)12-13-21-8-4-5-10-23(21)25-26-19(2)22-9-6-7-11-24(22)27-25/h4-11,14-15,17-18H,2-3,12-13,16H2,1H3,(H,26,27)/q+1. The third-order valence-corrected chi connectivity index (χ3v) is 5.13. The summed E-state index contributed by atoms with van der Waals surface area (Å²) in [4.78, 5) is 4.86. The predicted octanol–water partition coefficient (Wildman–Crippen LogP) is 4.82.